The third kappa shape index (κ3) is 2.70. The van der Waals surface area contributed by atoms with Crippen LogP contribution >= 0.6 is 11.3 Å². The van der Waals surface area contributed by atoms with Crippen LogP contribution in [0.4, 0.5) is 0 Å². The van der Waals surface area contributed by atoms with Crippen LogP contribution in [-0.4, -0.2) is 25.2 Å². The maximum absolute atomic E-state index is 5.73. The van der Waals surface area contributed by atoms with Crippen molar-refractivity contribution in [3.63, 3.8) is 0 Å². The maximum Gasteiger partial charge on any atom is 0.125 e. The zero-order valence-electron chi connectivity index (χ0n) is 11.7. The minimum atomic E-state index is -0.106. The van der Waals surface area contributed by atoms with Crippen LogP contribution in [0.1, 0.15) is 47.7 Å². The van der Waals surface area contributed by atoms with Crippen molar-refractivity contribution in [1.82, 2.24) is 10.3 Å². The van der Waals surface area contributed by atoms with Gasteiger partial charge in [0, 0.05) is 31.7 Å². The SMILES string of the molecule is COCc1nc(C2(OC)CCC2)sc1CNC1CC1. The van der Waals surface area contributed by atoms with Gasteiger partial charge in [0.25, 0.3) is 0 Å². The average molecular weight is 282 g/mol. The fourth-order valence-corrected chi connectivity index (χ4v) is 3.73. The smallest absolute Gasteiger partial charge is 0.125 e. The van der Waals surface area contributed by atoms with Crippen LogP contribution in [0.5, 0.6) is 0 Å². The molecule has 0 bridgehead atoms. The molecule has 0 amide bonds. The van der Waals surface area contributed by atoms with E-state index in [1.807, 2.05) is 0 Å². The highest BCUT2D eigenvalue weighted by molar-refractivity contribution is 7.11. The summed E-state index contributed by atoms with van der Waals surface area (Å²) in [7, 11) is 3.53. The Bertz CT molecular complexity index is 433. The van der Waals surface area contributed by atoms with Crippen molar-refractivity contribution >= 4 is 11.3 Å². The summed E-state index contributed by atoms with van der Waals surface area (Å²) in [6.45, 7) is 1.51. The molecule has 0 saturated heterocycles. The molecule has 1 heterocycles. The molecule has 2 fully saturated rings. The van der Waals surface area contributed by atoms with Crippen molar-refractivity contribution in [3.8, 4) is 0 Å². The molecule has 0 unspecified atom stereocenters. The van der Waals surface area contributed by atoms with Crippen LogP contribution in [0.25, 0.3) is 0 Å². The first-order valence-corrected chi connectivity index (χ1v) is 7.85. The van der Waals surface area contributed by atoms with Gasteiger partial charge in [-0.3, -0.25) is 0 Å². The van der Waals surface area contributed by atoms with Crippen LogP contribution in [0.2, 0.25) is 0 Å². The first kappa shape index (κ1) is 13.5. The maximum atomic E-state index is 5.73. The molecule has 4 nitrogen and oxygen atoms in total. The summed E-state index contributed by atoms with van der Waals surface area (Å²) in [6.07, 6.45) is 6.06. The highest BCUT2D eigenvalue weighted by atomic mass is 32.1. The molecule has 0 aliphatic heterocycles. The lowest BCUT2D eigenvalue weighted by molar-refractivity contribution is -0.0781. The molecule has 0 spiro atoms. The van der Waals surface area contributed by atoms with Gasteiger partial charge in [0.1, 0.15) is 10.6 Å². The third-order valence-corrected chi connectivity index (χ3v) is 5.41. The molecule has 0 aromatic carbocycles. The number of nitrogens with one attached hydrogen (secondary N) is 1. The van der Waals surface area contributed by atoms with Gasteiger partial charge in [0.05, 0.1) is 12.3 Å². The second-order valence-corrected chi connectivity index (χ2v) is 6.61. The molecule has 2 aliphatic rings. The van der Waals surface area contributed by atoms with Crippen LogP contribution in [-0.2, 0) is 28.2 Å². The molecule has 2 aliphatic carbocycles. The number of aromatic nitrogens is 1. The lowest BCUT2D eigenvalue weighted by Crippen LogP contribution is -2.35. The van der Waals surface area contributed by atoms with E-state index in [2.05, 4.69) is 5.32 Å². The lowest BCUT2D eigenvalue weighted by atomic mass is 9.80. The molecule has 0 atom stereocenters. The molecule has 3 rings (SSSR count). The summed E-state index contributed by atoms with van der Waals surface area (Å²) < 4.78 is 11.0. The summed E-state index contributed by atoms with van der Waals surface area (Å²) in [5.41, 5.74) is 0.976. The highest BCUT2D eigenvalue weighted by Crippen LogP contribution is 2.46. The van der Waals surface area contributed by atoms with Crippen LogP contribution < -0.4 is 5.32 Å². The summed E-state index contributed by atoms with van der Waals surface area (Å²) >= 11 is 1.80. The Morgan fingerprint density at radius 2 is 2.16 bits per heavy atom. The van der Waals surface area contributed by atoms with E-state index in [-0.39, 0.29) is 5.60 Å². The van der Waals surface area contributed by atoms with Crippen molar-refractivity contribution in [3.05, 3.63) is 15.6 Å². The number of nitrogens with zero attached hydrogens (tertiary/aromatic N) is 1. The highest BCUT2D eigenvalue weighted by Gasteiger charge is 2.42. The number of hydrogen-bond acceptors (Lipinski definition) is 5. The van der Waals surface area contributed by atoms with Gasteiger partial charge in [-0.25, -0.2) is 4.98 Å². The normalized spacial score (nSPS) is 21.4. The zero-order chi connectivity index (χ0) is 13.3. The van der Waals surface area contributed by atoms with E-state index in [0.717, 1.165) is 36.1 Å². The van der Waals surface area contributed by atoms with Crippen molar-refractivity contribution in [1.29, 1.82) is 0 Å². The van der Waals surface area contributed by atoms with Crippen molar-refractivity contribution < 1.29 is 9.47 Å². The summed E-state index contributed by atoms with van der Waals surface area (Å²) in [5, 5.41) is 4.70. The lowest BCUT2D eigenvalue weighted by Gasteiger charge is -2.38. The Morgan fingerprint density at radius 1 is 1.37 bits per heavy atom. The standard InChI is InChI=1S/C14H22N2O2S/c1-17-9-11-12(8-15-10-4-5-10)19-13(16-11)14(18-2)6-3-7-14/h10,15H,3-9H2,1-2H3. The Kier molecular flexibility index (Phi) is 3.89. The first-order valence-electron chi connectivity index (χ1n) is 7.04. The monoisotopic (exact) mass is 282 g/mol. The molecule has 5 heteroatoms. The Labute approximate surface area is 118 Å². The fourth-order valence-electron chi connectivity index (χ4n) is 2.49. The summed E-state index contributed by atoms with van der Waals surface area (Å²) in [4.78, 5) is 6.10. The van der Waals surface area contributed by atoms with Gasteiger partial charge in [0.15, 0.2) is 0 Å². The molecule has 2 saturated carbocycles. The number of rotatable bonds is 7. The van der Waals surface area contributed by atoms with Crippen LogP contribution in [0.3, 0.4) is 0 Å². The number of methoxy groups -OCH3 is 2. The van der Waals surface area contributed by atoms with E-state index in [0.29, 0.717) is 6.61 Å². The predicted octanol–water partition coefficient (Wildman–Crippen LogP) is 2.57. The van der Waals surface area contributed by atoms with E-state index in [1.165, 1.54) is 24.1 Å². The van der Waals surface area contributed by atoms with Gasteiger partial charge < -0.3 is 14.8 Å². The van der Waals surface area contributed by atoms with Crippen LogP contribution in [0.15, 0.2) is 0 Å². The quantitative estimate of drug-likeness (QED) is 0.835. The van der Waals surface area contributed by atoms with E-state index in [9.17, 15) is 0 Å². The zero-order valence-corrected chi connectivity index (χ0v) is 12.5. The third-order valence-electron chi connectivity index (χ3n) is 4.13. The largest absolute Gasteiger partial charge is 0.378 e. The van der Waals surface area contributed by atoms with Gasteiger partial charge >= 0.3 is 0 Å². The molecule has 19 heavy (non-hydrogen) atoms. The summed E-state index contributed by atoms with van der Waals surface area (Å²) in [6, 6.07) is 0.723. The molecule has 1 N–H and O–H groups in total. The van der Waals surface area contributed by atoms with Crippen molar-refractivity contribution in [2.24, 2.45) is 0 Å². The molecular weight excluding hydrogens is 260 g/mol. The molecular formula is C14H22N2O2S. The van der Waals surface area contributed by atoms with Gasteiger partial charge in [-0.2, -0.15) is 0 Å². The van der Waals surface area contributed by atoms with E-state index < -0.39 is 0 Å². The van der Waals surface area contributed by atoms with Gasteiger partial charge in [-0.05, 0) is 32.1 Å². The van der Waals surface area contributed by atoms with Gasteiger partial charge in [-0.15, -0.1) is 11.3 Å². The van der Waals surface area contributed by atoms with E-state index in [4.69, 9.17) is 14.5 Å². The van der Waals surface area contributed by atoms with Gasteiger partial charge in [-0.1, -0.05) is 0 Å². The van der Waals surface area contributed by atoms with Crippen LogP contribution in [0, 0.1) is 0 Å². The van der Waals surface area contributed by atoms with Gasteiger partial charge in [0.2, 0.25) is 0 Å². The summed E-state index contributed by atoms with van der Waals surface area (Å²) in [5.74, 6) is 0. The average Bonchev–Trinajstić information content (AvgIpc) is 3.10. The minimum absolute atomic E-state index is 0.106. The molecule has 1 aromatic rings. The number of ether oxygens (including phenoxy) is 2. The second kappa shape index (κ2) is 5.48. The Hall–Kier alpha value is -0.490. The Morgan fingerprint density at radius 3 is 2.68 bits per heavy atom. The Balaban J connectivity index is 1.78. The molecule has 1 aromatic heterocycles. The molecule has 0 radical (unpaired) electrons. The van der Waals surface area contributed by atoms with E-state index in [1.54, 1.807) is 25.6 Å². The second-order valence-electron chi connectivity index (χ2n) is 5.53. The number of hydrogen-bond donors (Lipinski definition) is 1. The number of thiazole rings is 1. The minimum Gasteiger partial charge on any atom is -0.378 e. The van der Waals surface area contributed by atoms with Crippen molar-refractivity contribution in [2.45, 2.75) is 56.9 Å². The fraction of sp³-hybridized carbons (Fsp3) is 0.786. The van der Waals surface area contributed by atoms with E-state index >= 15 is 0 Å². The molecule has 106 valence electrons. The van der Waals surface area contributed by atoms with Crippen molar-refractivity contribution in [2.75, 3.05) is 14.2 Å². The predicted molar refractivity (Wildman–Crippen MR) is 75.2 cm³/mol. The topological polar surface area (TPSA) is 43.4 Å². The first-order chi connectivity index (χ1) is 9.27.